The number of rotatable bonds is 4. The van der Waals surface area contributed by atoms with Crippen molar-refractivity contribution in [2.24, 2.45) is 0 Å². The molecule has 4 rings (SSSR count). The number of anilines is 1. The largest absolute Gasteiger partial charge is 0.457 e. The molecule has 2 amide bonds. The summed E-state index contributed by atoms with van der Waals surface area (Å²) < 4.78 is 5.80. The minimum Gasteiger partial charge on any atom is -0.457 e. The van der Waals surface area contributed by atoms with Crippen LogP contribution in [0.2, 0.25) is 0 Å². The maximum absolute atomic E-state index is 12.9. The van der Waals surface area contributed by atoms with Crippen molar-refractivity contribution >= 4 is 29.3 Å². The van der Waals surface area contributed by atoms with Crippen molar-refractivity contribution in [3.63, 3.8) is 0 Å². The van der Waals surface area contributed by atoms with Gasteiger partial charge in [-0.05, 0) is 42.5 Å². The highest BCUT2D eigenvalue weighted by Gasteiger charge is 2.29. The fourth-order valence-electron chi connectivity index (χ4n) is 3.12. The van der Waals surface area contributed by atoms with Crippen molar-refractivity contribution in [3.05, 3.63) is 84.4 Å². The van der Waals surface area contributed by atoms with Crippen LogP contribution in [-0.4, -0.2) is 30.7 Å². The van der Waals surface area contributed by atoms with Gasteiger partial charge in [0.05, 0.1) is 5.69 Å². The molecule has 0 saturated carbocycles. The summed E-state index contributed by atoms with van der Waals surface area (Å²) in [7, 11) is 1.74. The zero-order valence-corrected chi connectivity index (χ0v) is 16.7. The predicted molar refractivity (Wildman–Crippen MR) is 115 cm³/mol. The van der Waals surface area contributed by atoms with Gasteiger partial charge in [0.1, 0.15) is 17.5 Å². The third-order valence-electron chi connectivity index (χ3n) is 4.64. The highest BCUT2D eigenvalue weighted by molar-refractivity contribution is 7.99. The Labute approximate surface area is 173 Å². The lowest BCUT2D eigenvalue weighted by molar-refractivity contribution is -0.119. The Balaban J connectivity index is 1.48. The van der Waals surface area contributed by atoms with Crippen LogP contribution < -0.4 is 15.0 Å². The van der Waals surface area contributed by atoms with Crippen LogP contribution in [0.4, 0.5) is 5.69 Å². The number of thioether (sulfide) groups is 1. The van der Waals surface area contributed by atoms with E-state index in [1.54, 1.807) is 48.0 Å². The number of carbonyl (C=O) groups is 2. The first-order valence-corrected chi connectivity index (χ1v) is 10.2. The molecule has 1 heterocycles. The second-order valence-electron chi connectivity index (χ2n) is 6.64. The van der Waals surface area contributed by atoms with E-state index in [0.717, 1.165) is 10.6 Å². The molecule has 0 aromatic heterocycles. The molecule has 3 aromatic carbocycles. The van der Waals surface area contributed by atoms with E-state index in [2.05, 4.69) is 5.32 Å². The second kappa shape index (κ2) is 8.41. The molecule has 0 aliphatic carbocycles. The Morgan fingerprint density at radius 2 is 1.72 bits per heavy atom. The molecule has 0 radical (unpaired) electrons. The average Bonchev–Trinajstić information content (AvgIpc) is 2.87. The van der Waals surface area contributed by atoms with Gasteiger partial charge in [0, 0.05) is 23.3 Å². The van der Waals surface area contributed by atoms with Crippen molar-refractivity contribution in [2.45, 2.75) is 10.9 Å². The number of nitrogens with zero attached hydrogens (tertiary/aromatic N) is 1. The number of ether oxygens (including phenoxy) is 1. The lowest BCUT2D eigenvalue weighted by Crippen LogP contribution is -2.48. The molecule has 3 aromatic rings. The van der Waals surface area contributed by atoms with Gasteiger partial charge in [-0.25, -0.2) is 0 Å². The lowest BCUT2D eigenvalue weighted by atomic mass is 10.1. The standard InChI is InChI=1S/C23H20N2O3S/c1-25-20-12-5-6-13-21(20)29-15-19(23(25)27)24-22(26)16-8-7-11-18(14-16)28-17-9-3-2-4-10-17/h2-14,19H,15H2,1H3,(H,24,26)/t19-/m1/s1. The maximum Gasteiger partial charge on any atom is 0.252 e. The summed E-state index contributed by atoms with van der Waals surface area (Å²) in [5, 5.41) is 2.87. The Hall–Kier alpha value is -3.25. The van der Waals surface area contributed by atoms with E-state index >= 15 is 0 Å². The van der Waals surface area contributed by atoms with Crippen LogP contribution in [0.15, 0.2) is 83.8 Å². The number of carbonyl (C=O) groups excluding carboxylic acids is 2. The first kappa shape index (κ1) is 19.1. The summed E-state index contributed by atoms with van der Waals surface area (Å²) in [5.41, 5.74) is 1.30. The predicted octanol–water partition coefficient (Wildman–Crippen LogP) is 4.35. The van der Waals surface area contributed by atoms with Crippen molar-refractivity contribution in [1.29, 1.82) is 0 Å². The summed E-state index contributed by atoms with van der Waals surface area (Å²) in [4.78, 5) is 28.3. The van der Waals surface area contributed by atoms with E-state index in [-0.39, 0.29) is 11.8 Å². The molecule has 0 spiro atoms. The Morgan fingerprint density at radius 1 is 1.00 bits per heavy atom. The Morgan fingerprint density at radius 3 is 2.55 bits per heavy atom. The SMILES string of the molecule is CN1C(=O)[C@H](NC(=O)c2cccc(Oc3ccccc3)c2)CSc2ccccc21. The van der Waals surface area contributed by atoms with Gasteiger partial charge in [-0.2, -0.15) is 0 Å². The third kappa shape index (κ3) is 4.27. The van der Waals surface area contributed by atoms with Crippen LogP contribution in [0.5, 0.6) is 11.5 Å². The summed E-state index contributed by atoms with van der Waals surface area (Å²) in [5.74, 6) is 1.30. The first-order valence-electron chi connectivity index (χ1n) is 9.25. The monoisotopic (exact) mass is 404 g/mol. The Bertz CT molecular complexity index is 1040. The van der Waals surface area contributed by atoms with Crippen molar-refractivity contribution in [1.82, 2.24) is 5.32 Å². The molecule has 0 fully saturated rings. The minimum absolute atomic E-state index is 0.132. The van der Waals surface area contributed by atoms with Gasteiger partial charge in [-0.1, -0.05) is 36.4 Å². The summed E-state index contributed by atoms with van der Waals surface area (Å²) in [6.07, 6.45) is 0. The molecular weight excluding hydrogens is 384 g/mol. The van der Waals surface area contributed by atoms with E-state index in [0.29, 0.717) is 22.8 Å². The number of hydrogen-bond donors (Lipinski definition) is 1. The van der Waals surface area contributed by atoms with E-state index in [1.165, 1.54) is 0 Å². The van der Waals surface area contributed by atoms with E-state index < -0.39 is 6.04 Å². The number of nitrogens with one attached hydrogen (secondary N) is 1. The molecule has 1 aliphatic heterocycles. The normalized spacial score (nSPS) is 16.0. The fourth-order valence-corrected chi connectivity index (χ4v) is 4.22. The zero-order chi connectivity index (χ0) is 20.2. The first-order chi connectivity index (χ1) is 14.1. The van der Waals surface area contributed by atoms with Gasteiger partial charge >= 0.3 is 0 Å². The topological polar surface area (TPSA) is 58.6 Å². The summed E-state index contributed by atoms with van der Waals surface area (Å²) in [6, 6.07) is 23.5. The van der Waals surface area contributed by atoms with Crippen molar-refractivity contribution < 1.29 is 14.3 Å². The number of likely N-dealkylation sites (N-methyl/N-ethyl adjacent to an activating group) is 1. The third-order valence-corrected chi connectivity index (χ3v) is 5.80. The molecule has 1 aliphatic rings. The average molecular weight is 404 g/mol. The minimum atomic E-state index is -0.608. The smallest absolute Gasteiger partial charge is 0.252 e. The summed E-state index contributed by atoms with van der Waals surface area (Å²) in [6.45, 7) is 0. The van der Waals surface area contributed by atoms with Crippen LogP contribution in [0.1, 0.15) is 10.4 Å². The van der Waals surface area contributed by atoms with Crippen LogP contribution in [0.25, 0.3) is 0 Å². The van der Waals surface area contributed by atoms with Crippen molar-refractivity contribution in [3.8, 4) is 11.5 Å². The highest BCUT2D eigenvalue weighted by atomic mass is 32.2. The molecular formula is C23H20N2O3S. The second-order valence-corrected chi connectivity index (χ2v) is 7.71. The van der Waals surface area contributed by atoms with E-state index in [9.17, 15) is 9.59 Å². The quantitative estimate of drug-likeness (QED) is 0.703. The van der Waals surface area contributed by atoms with Crippen LogP contribution >= 0.6 is 11.8 Å². The number of para-hydroxylation sites is 2. The Kier molecular flexibility index (Phi) is 5.53. The van der Waals surface area contributed by atoms with Gasteiger partial charge in [0.2, 0.25) is 5.91 Å². The number of hydrogen-bond acceptors (Lipinski definition) is 4. The molecule has 0 bridgehead atoms. The molecule has 5 nitrogen and oxygen atoms in total. The van der Waals surface area contributed by atoms with Gasteiger partial charge in [0.25, 0.3) is 5.91 Å². The number of amides is 2. The van der Waals surface area contributed by atoms with E-state index in [1.807, 2.05) is 54.6 Å². The molecule has 1 atom stereocenters. The fraction of sp³-hybridized carbons (Fsp3) is 0.130. The zero-order valence-electron chi connectivity index (χ0n) is 15.9. The lowest BCUT2D eigenvalue weighted by Gasteiger charge is -2.21. The van der Waals surface area contributed by atoms with Gasteiger partial charge in [-0.15, -0.1) is 11.8 Å². The molecule has 1 N–H and O–H groups in total. The molecule has 0 saturated heterocycles. The van der Waals surface area contributed by atoms with Crippen LogP contribution in [0.3, 0.4) is 0 Å². The van der Waals surface area contributed by atoms with Crippen LogP contribution in [-0.2, 0) is 4.79 Å². The van der Waals surface area contributed by atoms with Gasteiger partial charge in [-0.3, -0.25) is 9.59 Å². The van der Waals surface area contributed by atoms with Gasteiger partial charge in [0.15, 0.2) is 0 Å². The van der Waals surface area contributed by atoms with Crippen molar-refractivity contribution in [2.75, 3.05) is 17.7 Å². The number of fused-ring (bicyclic) bond motifs is 1. The molecule has 146 valence electrons. The van der Waals surface area contributed by atoms with E-state index in [4.69, 9.17) is 4.74 Å². The summed E-state index contributed by atoms with van der Waals surface area (Å²) >= 11 is 1.57. The van der Waals surface area contributed by atoms with Gasteiger partial charge < -0.3 is 15.0 Å². The maximum atomic E-state index is 12.9. The number of benzene rings is 3. The molecule has 0 unspecified atom stereocenters. The molecule has 6 heteroatoms. The van der Waals surface area contributed by atoms with Crippen LogP contribution in [0, 0.1) is 0 Å². The highest BCUT2D eigenvalue weighted by Crippen LogP contribution is 2.33. The molecule has 29 heavy (non-hydrogen) atoms.